The first-order valence-corrected chi connectivity index (χ1v) is 35.6. The number of fused-ring (bicyclic) bond motifs is 18. The van der Waals surface area contributed by atoms with Gasteiger partial charge in [0.05, 0.1) is 66.2 Å². The van der Waals surface area contributed by atoms with Crippen molar-refractivity contribution in [3.05, 3.63) is 314 Å². The van der Waals surface area contributed by atoms with Crippen molar-refractivity contribution in [2.45, 2.75) is 59.8 Å². The average Bonchev–Trinajstić information content (AvgIpc) is 1.57. The van der Waals surface area contributed by atoms with Gasteiger partial charge >= 0.3 is 0 Å². The molecule has 14 aromatic carbocycles. The zero-order valence-corrected chi connectivity index (χ0v) is 56.6. The van der Waals surface area contributed by atoms with E-state index < -0.39 is 0 Å². The van der Waals surface area contributed by atoms with E-state index in [2.05, 4.69) is 358 Å². The van der Waals surface area contributed by atoms with Crippen LogP contribution >= 0.6 is 0 Å². The maximum Gasteiger partial charge on any atom is 0.0542 e. The zero-order valence-electron chi connectivity index (χ0n) is 56.6. The normalized spacial score (nSPS) is 12.4. The molecule has 0 spiro atoms. The van der Waals surface area contributed by atoms with Crippen LogP contribution in [0.1, 0.15) is 58.1 Å². The standard InChI is InChI=1S/C94H72N6/c1-5-6-7-22-60-23-20-25-64(51-60)95-90-47-41-66(97-82-33-14-8-27-70(82)71-28-9-15-34-83(71)97)55-78(90)80-57-68(43-49-91(80)95)99-86-37-18-12-31-74(86)76-53-62(39-45-88(76)99)63-40-46-89-77(54-63)75-32-13-19-38-87(75)100(89)69-44-50-93-81(58-69)79-56-67(98-84-35-16-10-29-72(84)73-30-11-17-36-85(73)98)42-48-92(79)96(93)65-26-21-24-61(52-65)59-94(2,3)4/h8-21,23-58H,5-7,22,59H2,1-4H3. The highest BCUT2D eigenvalue weighted by Crippen LogP contribution is 2.44. The van der Waals surface area contributed by atoms with E-state index in [4.69, 9.17) is 0 Å². The molecule has 0 saturated carbocycles. The highest BCUT2D eigenvalue weighted by Gasteiger charge is 2.24. The van der Waals surface area contributed by atoms with Crippen LogP contribution in [0.3, 0.4) is 0 Å². The fraction of sp³-hybridized carbons (Fsp3) is 0.106. The van der Waals surface area contributed by atoms with Gasteiger partial charge in [-0.2, -0.15) is 0 Å². The number of para-hydroxylation sites is 6. The van der Waals surface area contributed by atoms with Gasteiger partial charge < -0.3 is 27.4 Å². The van der Waals surface area contributed by atoms with Gasteiger partial charge in [-0.3, -0.25) is 0 Å². The van der Waals surface area contributed by atoms with Gasteiger partial charge in [0.2, 0.25) is 0 Å². The molecule has 6 aromatic heterocycles. The van der Waals surface area contributed by atoms with Crippen LogP contribution in [0, 0.1) is 5.41 Å². The summed E-state index contributed by atoms with van der Waals surface area (Å²) in [4.78, 5) is 0. The van der Waals surface area contributed by atoms with E-state index in [-0.39, 0.29) is 5.41 Å². The van der Waals surface area contributed by atoms with Crippen LogP contribution < -0.4 is 0 Å². The van der Waals surface area contributed by atoms with E-state index >= 15 is 0 Å². The van der Waals surface area contributed by atoms with Crippen molar-refractivity contribution in [1.29, 1.82) is 0 Å². The highest BCUT2D eigenvalue weighted by atomic mass is 15.0. The second-order valence-corrected chi connectivity index (χ2v) is 28.9. The molecule has 0 N–H and O–H groups in total. The molecule has 6 heterocycles. The number of aromatic nitrogens is 6. The average molecular weight is 1290 g/mol. The van der Waals surface area contributed by atoms with Crippen LogP contribution in [0.2, 0.25) is 0 Å². The number of unbranched alkanes of at least 4 members (excludes halogenated alkanes) is 2. The summed E-state index contributed by atoms with van der Waals surface area (Å²) in [5.41, 5.74) is 26.4. The summed E-state index contributed by atoms with van der Waals surface area (Å²) in [6, 6.07) is 114. The van der Waals surface area contributed by atoms with Crippen molar-refractivity contribution in [2.24, 2.45) is 5.41 Å². The lowest BCUT2D eigenvalue weighted by Crippen LogP contribution is -2.09. The Morgan fingerprint density at radius 2 is 0.480 bits per heavy atom. The molecule has 6 heteroatoms. The molecule has 0 radical (unpaired) electrons. The van der Waals surface area contributed by atoms with E-state index in [1.165, 1.54) is 184 Å². The van der Waals surface area contributed by atoms with Gasteiger partial charge in [0.15, 0.2) is 0 Å². The molecule has 6 nitrogen and oxygen atoms in total. The quantitative estimate of drug-likeness (QED) is 0.109. The summed E-state index contributed by atoms with van der Waals surface area (Å²) in [7, 11) is 0. The minimum Gasteiger partial charge on any atom is -0.309 e. The first-order chi connectivity index (χ1) is 49.2. The molecule has 0 aliphatic heterocycles. The molecule has 20 rings (SSSR count). The molecule has 0 amide bonds. The molecule has 20 aromatic rings. The van der Waals surface area contributed by atoms with Crippen LogP contribution in [-0.4, -0.2) is 27.4 Å². The smallest absolute Gasteiger partial charge is 0.0542 e. The zero-order chi connectivity index (χ0) is 66.5. The fourth-order valence-corrected chi connectivity index (χ4v) is 17.2. The number of hydrogen-bond donors (Lipinski definition) is 0. The van der Waals surface area contributed by atoms with E-state index in [1.807, 2.05) is 0 Å². The Labute approximate surface area is 579 Å². The van der Waals surface area contributed by atoms with E-state index in [0.29, 0.717) is 0 Å². The molecule has 0 bridgehead atoms. The van der Waals surface area contributed by atoms with Gasteiger partial charge in [0.1, 0.15) is 0 Å². The van der Waals surface area contributed by atoms with Crippen LogP contribution in [0.25, 0.3) is 176 Å². The monoisotopic (exact) mass is 1280 g/mol. The maximum absolute atomic E-state index is 2.50. The lowest BCUT2D eigenvalue weighted by Gasteiger charge is -2.19. The summed E-state index contributed by atoms with van der Waals surface area (Å²) in [5.74, 6) is 0. The van der Waals surface area contributed by atoms with Crippen molar-refractivity contribution in [3.8, 4) is 45.3 Å². The predicted molar refractivity (Wildman–Crippen MR) is 424 cm³/mol. The first-order valence-electron chi connectivity index (χ1n) is 35.6. The summed E-state index contributed by atoms with van der Waals surface area (Å²) in [6.45, 7) is 9.26. The minimum absolute atomic E-state index is 0.151. The third kappa shape index (κ3) is 9.02. The third-order valence-electron chi connectivity index (χ3n) is 21.5. The molecule has 478 valence electrons. The van der Waals surface area contributed by atoms with Crippen molar-refractivity contribution in [2.75, 3.05) is 0 Å². The minimum atomic E-state index is 0.151. The van der Waals surface area contributed by atoms with Crippen molar-refractivity contribution < 1.29 is 0 Å². The summed E-state index contributed by atoms with van der Waals surface area (Å²) >= 11 is 0. The number of nitrogens with zero attached hydrogens (tertiary/aromatic N) is 6. The summed E-state index contributed by atoms with van der Waals surface area (Å²) < 4.78 is 14.8. The largest absolute Gasteiger partial charge is 0.309 e. The lowest BCUT2D eigenvalue weighted by atomic mass is 9.88. The molecular weight excluding hydrogens is 1210 g/mol. The molecular formula is C94H72N6. The second kappa shape index (κ2) is 22.5. The summed E-state index contributed by atoms with van der Waals surface area (Å²) in [6.07, 6.45) is 5.69. The molecule has 0 unspecified atom stereocenters. The van der Waals surface area contributed by atoms with Gasteiger partial charge in [-0.15, -0.1) is 0 Å². The number of benzene rings is 14. The highest BCUT2D eigenvalue weighted by molar-refractivity contribution is 6.17. The Balaban J connectivity index is 0.727. The van der Waals surface area contributed by atoms with Gasteiger partial charge in [-0.1, -0.05) is 186 Å². The Morgan fingerprint density at radius 3 is 0.800 bits per heavy atom. The van der Waals surface area contributed by atoms with E-state index in [0.717, 1.165) is 35.6 Å². The lowest BCUT2D eigenvalue weighted by molar-refractivity contribution is 0.411. The molecule has 0 aliphatic rings. The Kier molecular flexibility index (Phi) is 13.0. The van der Waals surface area contributed by atoms with Crippen LogP contribution in [-0.2, 0) is 12.8 Å². The second-order valence-electron chi connectivity index (χ2n) is 28.9. The molecule has 100 heavy (non-hydrogen) atoms. The summed E-state index contributed by atoms with van der Waals surface area (Å²) in [5, 5.41) is 14.8. The number of rotatable bonds is 12. The molecule has 0 aliphatic carbocycles. The van der Waals surface area contributed by atoms with Gasteiger partial charge in [0, 0.05) is 98.8 Å². The van der Waals surface area contributed by atoms with Gasteiger partial charge in [-0.05, 0) is 205 Å². The number of hydrogen-bond acceptors (Lipinski definition) is 0. The van der Waals surface area contributed by atoms with Crippen LogP contribution in [0.4, 0.5) is 0 Å². The SMILES string of the molecule is CCCCCc1cccc(-n2c3ccc(-n4c5ccccc5c5ccccc54)cc3c3cc(-n4c5ccccc5c5cc(-c6ccc7c(c6)c6ccccc6n7-c6ccc7c(c6)c6cc(-n8c9ccccc9c9ccccc98)ccc6n7-c6cccc(CC(C)(C)C)c6)ccc54)ccc32)c1. The number of aryl methyl sites for hydroxylation is 1. The first kappa shape index (κ1) is 58.1. The van der Waals surface area contributed by atoms with Gasteiger partial charge in [-0.25, -0.2) is 0 Å². The van der Waals surface area contributed by atoms with Crippen molar-refractivity contribution >= 4 is 131 Å². The van der Waals surface area contributed by atoms with Crippen molar-refractivity contribution in [3.63, 3.8) is 0 Å². The molecule has 0 fully saturated rings. The Morgan fingerprint density at radius 1 is 0.220 bits per heavy atom. The van der Waals surface area contributed by atoms with E-state index in [1.54, 1.807) is 0 Å². The maximum atomic E-state index is 2.50. The fourth-order valence-electron chi connectivity index (χ4n) is 17.2. The molecule has 0 atom stereocenters. The van der Waals surface area contributed by atoms with Crippen molar-refractivity contribution in [1.82, 2.24) is 27.4 Å². The molecule has 0 saturated heterocycles. The van der Waals surface area contributed by atoms with Gasteiger partial charge in [0.25, 0.3) is 0 Å². The Hall–Kier alpha value is -12.1. The Bertz CT molecular complexity index is 6650. The topological polar surface area (TPSA) is 29.6 Å². The predicted octanol–water partition coefficient (Wildman–Crippen LogP) is 25.3. The van der Waals surface area contributed by atoms with E-state index in [9.17, 15) is 0 Å². The third-order valence-corrected chi connectivity index (χ3v) is 21.5. The van der Waals surface area contributed by atoms with Crippen LogP contribution in [0.15, 0.2) is 303 Å². The van der Waals surface area contributed by atoms with Crippen LogP contribution in [0.5, 0.6) is 0 Å².